The van der Waals surface area contributed by atoms with E-state index in [0.29, 0.717) is 0 Å². The lowest BCUT2D eigenvalue weighted by molar-refractivity contribution is 0.906. The van der Waals surface area contributed by atoms with Crippen LogP contribution in [0.5, 0.6) is 0 Å². The van der Waals surface area contributed by atoms with Crippen molar-refractivity contribution in [2.75, 3.05) is 0 Å². The molecular weight excluding hydrogens is 50.8 g/mol. The maximum Gasteiger partial charge on any atom is 0.310 e. The van der Waals surface area contributed by atoms with Crippen molar-refractivity contribution >= 4 is 7.55 Å². The fraction of sp³-hybridized carbons (Fsp3) is 0. The first-order chi connectivity index (χ1) is 2.00. The zero-order valence-electron chi connectivity index (χ0n) is 2.08. The van der Waals surface area contributed by atoms with Crippen molar-refractivity contribution in [3.05, 3.63) is 6.67 Å². The first-order valence-corrected chi connectivity index (χ1v) is 1.08. The molecule has 1 rings (SSSR count). The van der Waals surface area contributed by atoms with Crippen LogP contribution in [0.25, 0.3) is 0 Å². The van der Waals surface area contributed by atoms with Gasteiger partial charge in [0.1, 0.15) is 6.67 Å². The molecule has 0 aromatic heterocycles. The summed E-state index contributed by atoms with van der Waals surface area (Å²) in [7, 11) is 1.69. The molecule has 2 N–H and O–H groups in total. The van der Waals surface area contributed by atoms with Gasteiger partial charge in [0, 0.05) is 0 Å². The SMILES string of the molecule is [B]1N[C]N1. The Bertz CT molecular complexity index is 14.0. The van der Waals surface area contributed by atoms with Crippen LogP contribution in [0, 0.1) is 6.67 Å². The molecule has 1 aliphatic rings. The summed E-state index contributed by atoms with van der Waals surface area (Å²) in [5.74, 6) is 0. The fourth-order valence-electron chi connectivity index (χ4n) is 0.0722. The van der Waals surface area contributed by atoms with Crippen LogP contribution in [0.1, 0.15) is 0 Å². The first kappa shape index (κ1) is 2.24. The van der Waals surface area contributed by atoms with E-state index in [1.54, 1.807) is 7.55 Å². The first-order valence-electron chi connectivity index (χ1n) is 1.08. The lowest BCUT2D eigenvalue weighted by atomic mass is 10.1. The molecule has 0 spiro atoms. The van der Waals surface area contributed by atoms with Crippen LogP contribution < -0.4 is 10.5 Å². The van der Waals surface area contributed by atoms with Gasteiger partial charge in [-0.15, -0.1) is 0 Å². The van der Waals surface area contributed by atoms with Crippen LogP contribution in [0.4, 0.5) is 0 Å². The molecule has 0 atom stereocenters. The molecule has 0 unspecified atom stereocenters. The van der Waals surface area contributed by atoms with Crippen molar-refractivity contribution < 1.29 is 0 Å². The highest BCUT2D eigenvalue weighted by Crippen LogP contribution is 1.61. The Morgan fingerprint density at radius 1 is 1.50 bits per heavy atom. The van der Waals surface area contributed by atoms with Gasteiger partial charge in [-0.1, -0.05) is 0 Å². The van der Waals surface area contributed by atoms with E-state index >= 15 is 0 Å². The van der Waals surface area contributed by atoms with Crippen LogP contribution in [0.15, 0.2) is 0 Å². The zero-order chi connectivity index (χ0) is 2.83. The van der Waals surface area contributed by atoms with Gasteiger partial charge in [-0.05, 0) is 0 Å². The molecule has 19 valence electrons. The molecule has 4 heavy (non-hydrogen) atoms. The summed E-state index contributed by atoms with van der Waals surface area (Å²) in [5.41, 5.74) is 0. The summed E-state index contributed by atoms with van der Waals surface area (Å²) in [6.07, 6.45) is 0. The maximum atomic E-state index is 2.62. The fourth-order valence-corrected chi connectivity index (χ4v) is 0.0722. The van der Waals surface area contributed by atoms with Crippen molar-refractivity contribution in [1.82, 2.24) is 10.5 Å². The molecule has 0 aliphatic carbocycles. The predicted octanol–water partition coefficient (Wildman–Crippen LogP) is -1.29. The Labute approximate surface area is 25.9 Å². The molecule has 1 aliphatic heterocycles. The van der Waals surface area contributed by atoms with Gasteiger partial charge in [0.25, 0.3) is 0 Å². The molecule has 0 bridgehead atoms. The maximum absolute atomic E-state index is 2.62. The molecule has 0 saturated carbocycles. The summed E-state index contributed by atoms with van der Waals surface area (Å²) in [5, 5.41) is 5.25. The van der Waals surface area contributed by atoms with E-state index in [0.717, 1.165) is 0 Å². The summed E-state index contributed by atoms with van der Waals surface area (Å²) >= 11 is 0. The third-order valence-corrected chi connectivity index (χ3v) is 0.289. The highest BCUT2D eigenvalue weighted by molar-refractivity contribution is 6.33. The van der Waals surface area contributed by atoms with E-state index in [4.69, 9.17) is 0 Å². The van der Waals surface area contributed by atoms with E-state index in [2.05, 4.69) is 17.1 Å². The summed E-state index contributed by atoms with van der Waals surface area (Å²) in [6.45, 7) is 2.56. The third kappa shape index (κ3) is 0.121. The minimum atomic E-state index is 1.69. The van der Waals surface area contributed by atoms with Gasteiger partial charge in [-0.2, -0.15) is 0 Å². The van der Waals surface area contributed by atoms with Crippen LogP contribution in [0.3, 0.4) is 0 Å². The molecular formula is CH2BN2. The second-order valence-corrected chi connectivity index (χ2v) is 0.558. The van der Waals surface area contributed by atoms with Crippen LogP contribution in [-0.4, -0.2) is 7.55 Å². The Hall–Kier alpha value is -0.0151. The number of nitrogens with one attached hydrogen (secondary N) is 2. The van der Waals surface area contributed by atoms with Crippen molar-refractivity contribution in [3.63, 3.8) is 0 Å². The van der Waals surface area contributed by atoms with Gasteiger partial charge in [0.15, 0.2) is 0 Å². The molecule has 2 nitrogen and oxygen atoms in total. The molecule has 1 fully saturated rings. The minimum absolute atomic E-state index is 1.69. The topological polar surface area (TPSA) is 24.1 Å². The summed E-state index contributed by atoms with van der Waals surface area (Å²) in [6, 6.07) is 0. The van der Waals surface area contributed by atoms with E-state index in [1.807, 2.05) is 0 Å². The standard InChI is InChI=1S/CH2BN2/c1-3-2-4-1/h3-4H. The van der Waals surface area contributed by atoms with E-state index < -0.39 is 0 Å². The van der Waals surface area contributed by atoms with Gasteiger partial charge in [0.05, 0.1) is 0 Å². The summed E-state index contributed by atoms with van der Waals surface area (Å²) in [4.78, 5) is 0. The van der Waals surface area contributed by atoms with Gasteiger partial charge in [-0.3, -0.25) is 0 Å². The Morgan fingerprint density at radius 2 is 1.75 bits per heavy atom. The van der Waals surface area contributed by atoms with E-state index in [9.17, 15) is 0 Å². The zero-order valence-corrected chi connectivity index (χ0v) is 2.08. The second-order valence-electron chi connectivity index (χ2n) is 0.558. The van der Waals surface area contributed by atoms with Gasteiger partial charge < -0.3 is 10.5 Å². The average molecular weight is 52.9 g/mol. The Morgan fingerprint density at radius 3 is 1.75 bits per heavy atom. The van der Waals surface area contributed by atoms with E-state index in [-0.39, 0.29) is 0 Å². The van der Waals surface area contributed by atoms with Gasteiger partial charge in [-0.25, -0.2) is 0 Å². The smallest absolute Gasteiger partial charge is 0.310 e. The quantitative estimate of drug-likeness (QED) is 0.335. The lowest BCUT2D eigenvalue weighted by Crippen LogP contribution is -2.46. The number of hydrogen-bond acceptors (Lipinski definition) is 2. The second kappa shape index (κ2) is 0.741. The molecule has 0 aromatic rings. The van der Waals surface area contributed by atoms with Gasteiger partial charge >= 0.3 is 7.55 Å². The van der Waals surface area contributed by atoms with Gasteiger partial charge in [0.2, 0.25) is 0 Å². The van der Waals surface area contributed by atoms with E-state index in [1.165, 1.54) is 0 Å². The van der Waals surface area contributed by atoms with Crippen molar-refractivity contribution in [3.8, 4) is 0 Å². The Balaban J connectivity index is 2.00. The molecule has 3 radical (unpaired) electrons. The summed E-state index contributed by atoms with van der Waals surface area (Å²) < 4.78 is 0. The largest absolute Gasteiger partial charge is 0.324 e. The normalized spacial score (nSPS) is 22.0. The molecule has 0 aromatic carbocycles. The number of hydrogen-bond donors (Lipinski definition) is 2. The average Bonchev–Trinajstić information content (AvgIpc) is 0.722. The molecule has 1 saturated heterocycles. The molecule has 0 amide bonds. The van der Waals surface area contributed by atoms with Crippen molar-refractivity contribution in [1.29, 1.82) is 0 Å². The lowest BCUT2D eigenvalue weighted by Gasteiger charge is -2.07. The highest BCUT2D eigenvalue weighted by atomic mass is 15.1. The van der Waals surface area contributed by atoms with Crippen LogP contribution in [0.2, 0.25) is 0 Å². The van der Waals surface area contributed by atoms with Crippen LogP contribution >= 0.6 is 0 Å². The number of rotatable bonds is 0. The van der Waals surface area contributed by atoms with Crippen LogP contribution in [-0.2, 0) is 0 Å². The molecule has 3 heteroatoms. The Kier molecular flexibility index (Phi) is 0.414. The van der Waals surface area contributed by atoms with Crippen molar-refractivity contribution in [2.24, 2.45) is 0 Å². The molecule has 1 heterocycles. The predicted molar refractivity (Wildman–Crippen MR) is 15.3 cm³/mol. The highest BCUT2D eigenvalue weighted by Gasteiger charge is 1.97. The third-order valence-electron chi connectivity index (χ3n) is 0.289. The monoisotopic (exact) mass is 53.0 g/mol. The minimum Gasteiger partial charge on any atom is -0.324 e. The van der Waals surface area contributed by atoms with Crippen molar-refractivity contribution in [2.45, 2.75) is 0 Å².